The van der Waals surface area contributed by atoms with Crippen LogP contribution >= 0.6 is 22.9 Å². The van der Waals surface area contributed by atoms with E-state index in [0.717, 1.165) is 16.9 Å². The van der Waals surface area contributed by atoms with Crippen LogP contribution in [0.3, 0.4) is 0 Å². The number of nitrogen functional groups attached to an aromatic ring is 1. The molecule has 140 valence electrons. The first-order valence-electron chi connectivity index (χ1n) is 7.73. The summed E-state index contributed by atoms with van der Waals surface area (Å²) in [6.45, 7) is 4.87. The van der Waals surface area contributed by atoms with Crippen molar-refractivity contribution in [1.82, 2.24) is 0 Å². The minimum Gasteiger partial charge on any atom is -0.479 e. The molecular formula is C18H20ClNO5S. The van der Waals surface area contributed by atoms with Crippen LogP contribution in [0.1, 0.15) is 30.4 Å². The van der Waals surface area contributed by atoms with Gasteiger partial charge in [-0.2, -0.15) is 0 Å². The van der Waals surface area contributed by atoms with Crippen LogP contribution in [0.25, 0.3) is 10.4 Å². The Kier molecular flexibility index (Phi) is 6.15. The highest BCUT2D eigenvalue weighted by molar-refractivity contribution is 7.18. The molecule has 0 saturated heterocycles. The van der Waals surface area contributed by atoms with E-state index in [0.29, 0.717) is 10.6 Å². The van der Waals surface area contributed by atoms with Crippen molar-refractivity contribution >= 4 is 40.6 Å². The molecule has 0 aliphatic rings. The van der Waals surface area contributed by atoms with E-state index >= 15 is 0 Å². The van der Waals surface area contributed by atoms with Crippen LogP contribution in [0.2, 0.25) is 5.02 Å². The molecule has 0 fully saturated rings. The number of hydrogen-bond donors (Lipinski definition) is 1. The summed E-state index contributed by atoms with van der Waals surface area (Å²) in [7, 11) is 1.26. The molecule has 0 aliphatic heterocycles. The number of nitrogens with two attached hydrogens (primary N) is 1. The van der Waals surface area contributed by atoms with Crippen molar-refractivity contribution in [3.05, 3.63) is 34.2 Å². The quantitative estimate of drug-likeness (QED) is 0.602. The maximum Gasteiger partial charge on any atom is 0.351 e. The van der Waals surface area contributed by atoms with Crippen molar-refractivity contribution in [2.45, 2.75) is 26.4 Å². The van der Waals surface area contributed by atoms with Crippen LogP contribution in [0.15, 0.2) is 24.3 Å². The Morgan fingerprint density at radius 2 is 1.96 bits per heavy atom. The van der Waals surface area contributed by atoms with E-state index in [4.69, 9.17) is 31.5 Å². The minimum atomic E-state index is -0.642. The number of halogens is 1. The maximum absolute atomic E-state index is 12.1. The number of rotatable bonds is 5. The molecule has 0 atom stereocenters. The molecular weight excluding hydrogens is 378 g/mol. The zero-order valence-corrected chi connectivity index (χ0v) is 16.5. The van der Waals surface area contributed by atoms with Gasteiger partial charge in [0.25, 0.3) is 0 Å². The Morgan fingerprint density at radius 1 is 1.27 bits per heavy atom. The fourth-order valence-corrected chi connectivity index (χ4v) is 3.60. The number of benzene rings is 1. The third-order valence-electron chi connectivity index (χ3n) is 3.08. The molecule has 0 saturated carbocycles. The van der Waals surface area contributed by atoms with Gasteiger partial charge in [0.2, 0.25) is 0 Å². The second-order valence-electron chi connectivity index (χ2n) is 6.40. The lowest BCUT2D eigenvalue weighted by Crippen LogP contribution is -2.27. The van der Waals surface area contributed by atoms with Crippen molar-refractivity contribution in [2.75, 3.05) is 19.5 Å². The van der Waals surface area contributed by atoms with E-state index in [9.17, 15) is 9.59 Å². The van der Waals surface area contributed by atoms with Gasteiger partial charge >= 0.3 is 11.9 Å². The summed E-state index contributed by atoms with van der Waals surface area (Å²) in [6, 6.07) is 7.06. The summed E-state index contributed by atoms with van der Waals surface area (Å²) in [5, 5.41) is 0.213. The second kappa shape index (κ2) is 7.97. The molecule has 1 heterocycles. The van der Waals surface area contributed by atoms with Gasteiger partial charge in [-0.3, -0.25) is 0 Å². The predicted molar refractivity (Wildman–Crippen MR) is 102 cm³/mol. The summed E-state index contributed by atoms with van der Waals surface area (Å²) >= 11 is 7.52. The molecule has 0 radical (unpaired) electrons. The molecule has 0 aliphatic carbocycles. The van der Waals surface area contributed by atoms with E-state index in [-0.39, 0.29) is 22.3 Å². The van der Waals surface area contributed by atoms with Gasteiger partial charge in [-0.1, -0.05) is 23.7 Å². The molecule has 8 heteroatoms. The van der Waals surface area contributed by atoms with Gasteiger partial charge in [-0.15, -0.1) is 11.3 Å². The third-order valence-corrected chi connectivity index (χ3v) is 4.76. The standard InChI is InChI=1S/C18H20ClNO5S/c1-18(2,3)25-12(21)9-24-14-13(19)15(26-16(14)17(22)23-4)10-6-5-7-11(20)8-10/h5-8H,9,20H2,1-4H3. The first-order chi connectivity index (χ1) is 12.1. The Morgan fingerprint density at radius 3 is 2.54 bits per heavy atom. The van der Waals surface area contributed by atoms with Crippen LogP contribution < -0.4 is 10.5 Å². The Bertz CT molecular complexity index is 825. The Hall–Kier alpha value is -2.25. The van der Waals surface area contributed by atoms with E-state index < -0.39 is 17.5 Å². The summed E-state index contributed by atoms with van der Waals surface area (Å²) < 4.78 is 15.5. The number of hydrogen-bond acceptors (Lipinski definition) is 7. The average Bonchev–Trinajstić information content (AvgIpc) is 2.87. The predicted octanol–water partition coefficient (Wildman–Crippen LogP) is 4.16. The summed E-state index contributed by atoms with van der Waals surface area (Å²) in [4.78, 5) is 24.7. The van der Waals surface area contributed by atoms with E-state index in [1.54, 1.807) is 39.0 Å². The van der Waals surface area contributed by atoms with Gasteiger partial charge in [0, 0.05) is 5.69 Å². The number of methoxy groups -OCH3 is 1. The fraction of sp³-hybridized carbons (Fsp3) is 0.333. The molecule has 0 unspecified atom stereocenters. The number of anilines is 1. The highest BCUT2D eigenvalue weighted by atomic mass is 35.5. The summed E-state index contributed by atoms with van der Waals surface area (Å²) in [6.07, 6.45) is 0. The first-order valence-corrected chi connectivity index (χ1v) is 8.93. The van der Waals surface area contributed by atoms with E-state index in [1.165, 1.54) is 7.11 Å². The largest absolute Gasteiger partial charge is 0.479 e. The van der Waals surface area contributed by atoms with Crippen LogP contribution in [-0.4, -0.2) is 31.3 Å². The second-order valence-corrected chi connectivity index (χ2v) is 7.79. The minimum absolute atomic E-state index is 0.0896. The van der Waals surface area contributed by atoms with E-state index in [2.05, 4.69) is 0 Å². The number of carbonyl (C=O) groups excluding carboxylic acids is 2. The highest BCUT2D eigenvalue weighted by Gasteiger charge is 2.26. The molecule has 6 nitrogen and oxygen atoms in total. The molecule has 2 rings (SSSR count). The normalized spacial score (nSPS) is 11.1. The van der Waals surface area contributed by atoms with Gasteiger partial charge < -0.3 is 19.9 Å². The summed E-state index contributed by atoms with van der Waals surface area (Å²) in [5.41, 5.74) is 6.46. The van der Waals surface area contributed by atoms with Crippen molar-refractivity contribution in [2.24, 2.45) is 0 Å². The van der Waals surface area contributed by atoms with Gasteiger partial charge in [-0.05, 0) is 38.5 Å². The number of carbonyl (C=O) groups is 2. The van der Waals surface area contributed by atoms with Crippen molar-refractivity contribution < 1.29 is 23.8 Å². The van der Waals surface area contributed by atoms with Crippen LogP contribution in [-0.2, 0) is 14.3 Å². The number of esters is 2. The Balaban J connectivity index is 2.35. The number of ether oxygens (including phenoxy) is 3. The van der Waals surface area contributed by atoms with Crippen LogP contribution in [0, 0.1) is 0 Å². The van der Waals surface area contributed by atoms with Crippen LogP contribution in [0.5, 0.6) is 5.75 Å². The molecule has 0 spiro atoms. The molecule has 2 aromatic rings. The monoisotopic (exact) mass is 397 g/mol. The molecule has 1 aromatic heterocycles. The average molecular weight is 398 g/mol. The molecule has 2 N–H and O–H groups in total. The molecule has 0 amide bonds. The maximum atomic E-state index is 12.1. The SMILES string of the molecule is COC(=O)c1sc(-c2cccc(N)c2)c(Cl)c1OCC(=O)OC(C)(C)C. The first kappa shape index (κ1) is 20.1. The highest BCUT2D eigenvalue weighted by Crippen LogP contribution is 2.46. The zero-order valence-electron chi connectivity index (χ0n) is 14.9. The third kappa shape index (κ3) is 4.89. The lowest BCUT2D eigenvalue weighted by atomic mass is 10.1. The molecule has 1 aromatic carbocycles. The van der Waals surface area contributed by atoms with Crippen molar-refractivity contribution in [3.8, 4) is 16.2 Å². The van der Waals surface area contributed by atoms with Gasteiger partial charge in [0.05, 0.1) is 12.0 Å². The topological polar surface area (TPSA) is 87.9 Å². The Labute approximate surface area is 160 Å². The van der Waals surface area contributed by atoms with Crippen molar-refractivity contribution in [1.29, 1.82) is 0 Å². The molecule has 26 heavy (non-hydrogen) atoms. The molecule has 0 bridgehead atoms. The van der Waals surface area contributed by atoms with Gasteiger partial charge in [-0.25, -0.2) is 9.59 Å². The fourth-order valence-electron chi connectivity index (χ4n) is 2.12. The van der Waals surface area contributed by atoms with E-state index in [1.807, 2.05) is 6.07 Å². The van der Waals surface area contributed by atoms with Gasteiger partial charge in [0.15, 0.2) is 17.2 Å². The smallest absolute Gasteiger partial charge is 0.351 e. The number of thiophene rings is 1. The summed E-state index contributed by atoms with van der Waals surface area (Å²) in [5.74, 6) is -1.08. The van der Waals surface area contributed by atoms with Crippen LogP contribution in [0.4, 0.5) is 5.69 Å². The lowest BCUT2D eigenvalue weighted by Gasteiger charge is -2.19. The van der Waals surface area contributed by atoms with Crippen molar-refractivity contribution in [3.63, 3.8) is 0 Å². The lowest BCUT2D eigenvalue weighted by molar-refractivity contribution is -0.157. The van der Waals surface area contributed by atoms with Gasteiger partial charge in [0.1, 0.15) is 10.6 Å². The zero-order chi connectivity index (χ0) is 19.5.